The summed E-state index contributed by atoms with van der Waals surface area (Å²) < 4.78 is 36.4. The van der Waals surface area contributed by atoms with Crippen molar-refractivity contribution in [2.75, 3.05) is 32.1 Å². The summed E-state index contributed by atoms with van der Waals surface area (Å²) in [6.45, 7) is 0.402. The Morgan fingerprint density at radius 1 is 1.38 bits per heavy atom. The molecule has 0 amide bonds. The number of hydrogen-bond acceptors (Lipinski definition) is 4. The summed E-state index contributed by atoms with van der Waals surface area (Å²) in [6.07, 6.45) is 0. The molecule has 0 aliphatic carbocycles. The molecule has 0 bridgehead atoms. The molecule has 0 saturated heterocycles. The summed E-state index contributed by atoms with van der Waals surface area (Å²) in [5.74, 6) is -0.570. The van der Waals surface area contributed by atoms with E-state index in [1.54, 1.807) is 19.0 Å². The molecule has 0 aliphatic heterocycles. The van der Waals surface area contributed by atoms with E-state index < -0.39 is 15.7 Å². The van der Waals surface area contributed by atoms with Gasteiger partial charge in [0.1, 0.15) is 5.82 Å². The van der Waals surface area contributed by atoms with Gasteiger partial charge < -0.3 is 10.6 Å². The lowest BCUT2D eigenvalue weighted by Gasteiger charge is -2.11. The second-order valence-electron chi connectivity index (χ2n) is 3.80. The average molecular weight is 246 g/mol. The zero-order valence-electron chi connectivity index (χ0n) is 9.27. The summed E-state index contributed by atoms with van der Waals surface area (Å²) in [4.78, 5) is 1.76. The van der Waals surface area contributed by atoms with Crippen LogP contribution in [0.2, 0.25) is 0 Å². The fourth-order valence-corrected chi connectivity index (χ4v) is 2.73. The molecule has 1 rings (SSSR count). The summed E-state index contributed by atoms with van der Waals surface area (Å²) in [5.41, 5.74) is 5.44. The molecule has 2 N–H and O–H groups in total. The Morgan fingerprint density at radius 3 is 2.50 bits per heavy atom. The van der Waals surface area contributed by atoms with Gasteiger partial charge >= 0.3 is 0 Å². The van der Waals surface area contributed by atoms with Crippen LogP contribution < -0.4 is 5.73 Å². The number of halogens is 1. The first kappa shape index (κ1) is 12.9. The van der Waals surface area contributed by atoms with Crippen LogP contribution in [0.15, 0.2) is 23.1 Å². The number of anilines is 1. The molecule has 16 heavy (non-hydrogen) atoms. The van der Waals surface area contributed by atoms with Gasteiger partial charge in [-0.1, -0.05) is 0 Å². The summed E-state index contributed by atoms with van der Waals surface area (Å²) >= 11 is 0. The van der Waals surface area contributed by atoms with Gasteiger partial charge in [0, 0.05) is 6.54 Å². The number of sulfone groups is 1. The summed E-state index contributed by atoms with van der Waals surface area (Å²) in [5, 5.41) is 0. The molecule has 0 aliphatic rings. The SMILES string of the molecule is CN(C)CCS(=O)(=O)c1ccc(F)cc1N. The Balaban J connectivity index is 2.99. The van der Waals surface area contributed by atoms with Crippen LogP contribution in [0.25, 0.3) is 0 Å². The van der Waals surface area contributed by atoms with Gasteiger partial charge in [0.15, 0.2) is 9.84 Å². The maximum atomic E-state index is 12.8. The van der Waals surface area contributed by atoms with E-state index >= 15 is 0 Å². The van der Waals surface area contributed by atoms with E-state index in [-0.39, 0.29) is 16.3 Å². The monoisotopic (exact) mass is 246 g/mol. The van der Waals surface area contributed by atoms with Crippen LogP contribution in [0.4, 0.5) is 10.1 Å². The van der Waals surface area contributed by atoms with Gasteiger partial charge in [0.2, 0.25) is 0 Å². The molecule has 6 heteroatoms. The molecule has 0 aromatic heterocycles. The van der Waals surface area contributed by atoms with E-state index in [0.29, 0.717) is 6.54 Å². The van der Waals surface area contributed by atoms with Crippen LogP contribution in [0.3, 0.4) is 0 Å². The molecule has 1 aromatic rings. The third-order valence-electron chi connectivity index (χ3n) is 2.11. The normalized spacial score (nSPS) is 12.0. The van der Waals surface area contributed by atoms with Gasteiger partial charge in [-0.15, -0.1) is 0 Å². The molecule has 0 fully saturated rings. The van der Waals surface area contributed by atoms with Crippen molar-refractivity contribution in [2.45, 2.75) is 4.90 Å². The Kier molecular flexibility index (Phi) is 3.88. The minimum atomic E-state index is -3.44. The second-order valence-corrected chi connectivity index (χ2v) is 5.88. The first-order valence-electron chi connectivity index (χ1n) is 4.75. The van der Waals surface area contributed by atoms with E-state index in [4.69, 9.17) is 5.73 Å². The predicted octanol–water partition coefficient (Wildman–Crippen LogP) is 0.743. The molecular weight excluding hydrogens is 231 g/mol. The van der Waals surface area contributed by atoms with Crippen molar-refractivity contribution >= 4 is 15.5 Å². The lowest BCUT2D eigenvalue weighted by molar-refractivity contribution is 0.432. The fourth-order valence-electron chi connectivity index (χ4n) is 1.22. The highest BCUT2D eigenvalue weighted by atomic mass is 32.2. The Morgan fingerprint density at radius 2 is 2.00 bits per heavy atom. The Hall–Kier alpha value is -1.14. The highest BCUT2D eigenvalue weighted by molar-refractivity contribution is 7.91. The van der Waals surface area contributed by atoms with Crippen molar-refractivity contribution in [1.82, 2.24) is 4.90 Å². The third-order valence-corrected chi connectivity index (χ3v) is 3.88. The molecule has 0 atom stereocenters. The summed E-state index contributed by atoms with van der Waals surface area (Å²) in [7, 11) is 0.126. The van der Waals surface area contributed by atoms with E-state index in [1.165, 1.54) is 6.07 Å². The average Bonchev–Trinajstić information content (AvgIpc) is 2.14. The topological polar surface area (TPSA) is 63.4 Å². The van der Waals surface area contributed by atoms with Crippen molar-refractivity contribution < 1.29 is 12.8 Å². The number of hydrogen-bond donors (Lipinski definition) is 1. The van der Waals surface area contributed by atoms with Crippen LogP contribution in [0.5, 0.6) is 0 Å². The van der Waals surface area contributed by atoms with Crippen molar-refractivity contribution in [3.63, 3.8) is 0 Å². The smallest absolute Gasteiger partial charge is 0.181 e. The zero-order valence-corrected chi connectivity index (χ0v) is 10.1. The summed E-state index contributed by atoms with van der Waals surface area (Å²) in [6, 6.07) is 3.32. The number of nitrogen functional groups attached to an aromatic ring is 1. The van der Waals surface area contributed by atoms with Crippen LogP contribution in [-0.4, -0.2) is 39.7 Å². The molecule has 4 nitrogen and oxygen atoms in total. The van der Waals surface area contributed by atoms with Crippen molar-refractivity contribution in [2.24, 2.45) is 0 Å². The highest BCUT2D eigenvalue weighted by Gasteiger charge is 2.17. The molecule has 1 aromatic carbocycles. The van der Waals surface area contributed by atoms with Crippen molar-refractivity contribution in [3.8, 4) is 0 Å². The first-order chi connectivity index (χ1) is 7.33. The molecule has 0 unspecified atom stereocenters. The minimum absolute atomic E-state index is 0.00394. The third kappa shape index (κ3) is 3.18. The lowest BCUT2D eigenvalue weighted by atomic mass is 10.3. The van der Waals surface area contributed by atoms with Crippen molar-refractivity contribution in [3.05, 3.63) is 24.0 Å². The first-order valence-corrected chi connectivity index (χ1v) is 6.40. The highest BCUT2D eigenvalue weighted by Crippen LogP contribution is 2.20. The van der Waals surface area contributed by atoms with Crippen LogP contribution >= 0.6 is 0 Å². The number of nitrogens with two attached hydrogens (primary N) is 1. The maximum absolute atomic E-state index is 12.8. The number of nitrogens with zero attached hydrogens (tertiary/aromatic N) is 1. The van der Waals surface area contributed by atoms with Crippen LogP contribution in [-0.2, 0) is 9.84 Å². The fraction of sp³-hybridized carbons (Fsp3) is 0.400. The van der Waals surface area contributed by atoms with E-state index in [0.717, 1.165) is 12.1 Å². The standard InChI is InChI=1S/C10H15FN2O2S/c1-13(2)5-6-16(14,15)10-4-3-8(11)7-9(10)12/h3-4,7H,5-6,12H2,1-2H3. The zero-order chi connectivity index (χ0) is 12.3. The quantitative estimate of drug-likeness (QED) is 0.629. The van der Waals surface area contributed by atoms with Gasteiger partial charge in [-0.3, -0.25) is 0 Å². The number of benzene rings is 1. The van der Waals surface area contributed by atoms with Crippen molar-refractivity contribution in [1.29, 1.82) is 0 Å². The van der Waals surface area contributed by atoms with Gasteiger partial charge in [-0.2, -0.15) is 0 Å². The molecular formula is C10H15FN2O2S. The van der Waals surface area contributed by atoms with Gasteiger partial charge in [0.05, 0.1) is 16.3 Å². The maximum Gasteiger partial charge on any atom is 0.181 e. The van der Waals surface area contributed by atoms with Gasteiger partial charge in [-0.05, 0) is 32.3 Å². The van der Waals surface area contributed by atoms with E-state index in [2.05, 4.69) is 0 Å². The number of rotatable bonds is 4. The molecule has 0 saturated carbocycles. The van der Waals surface area contributed by atoms with Crippen LogP contribution in [0.1, 0.15) is 0 Å². The minimum Gasteiger partial charge on any atom is -0.398 e. The predicted molar refractivity (Wildman–Crippen MR) is 61.4 cm³/mol. The van der Waals surface area contributed by atoms with Gasteiger partial charge in [0.25, 0.3) is 0 Å². The molecule has 0 radical (unpaired) electrons. The van der Waals surface area contributed by atoms with Gasteiger partial charge in [-0.25, -0.2) is 12.8 Å². The Labute approximate surface area is 94.8 Å². The van der Waals surface area contributed by atoms with E-state index in [9.17, 15) is 12.8 Å². The molecule has 0 heterocycles. The molecule has 90 valence electrons. The Bertz CT molecular complexity index is 472. The second kappa shape index (κ2) is 4.80. The largest absolute Gasteiger partial charge is 0.398 e. The van der Waals surface area contributed by atoms with E-state index in [1.807, 2.05) is 0 Å². The van der Waals surface area contributed by atoms with Crippen LogP contribution in [0, 0.1) is 5.82 Å². The lowest BCUT2D eigenvalue weighted by Crippen LogP contribution is -2.22. The molecule has 0 spiro atoms.